The van der Waals surface area contributed by atoms with Crippen LogP contribution in [0.15, 0.2) is 18.2 Å². The Labute approximate surface area is 87.3 Å². The highest BCUT2D eigenvalue weighted by molar-refractivity contribution is 5.68. The molecule has 1 aromatic carbocycles. The van der Waals surface area contributed by atoms with E-state index in [-0.39, 0.29) is 6.07 Å². The maximum atomic E-state index is 12.6. The van der Waals surface area contributed by atoms with Crippen molar-refractivity contribution in [3.05, 3.63) is 29.6 Å². The minimum atomic E-state index is -4.80. The first-order valence-electron chi connectivity index (χ1n) is 4.02. The Morgan fingerprint density at radius 3 is 2.50 bits per heavy atom. The van der Waals surface area contributed by atoms with Crippen molar-refractivity contribution in [1.82, 2.24) is 0 Å². The summed E-state index contributed by atoms with van der Waals surface area (Å²) in [6.07, 6.45) is -4.80. The van der Waals surface area contributed by atoms with E-state index in [1.807, 2.05) is 0 Å². The van der Waals surface area contributed by atoms with Gasteiger partial charge in [-0.15, -0.1) is 0 Å². The van der Waals surface area contributed by atoms with Gasteiger partial charge in [-0.25, -0.2) is 9.18 Å². The van der Waals surface area contributed by atoms with E-state index >= 15 is 0 Å². The number of benzene rings is 1. The Bertz CT molecular complexity index is 400. The smallest absolute Gasteiger partial charge is 0.420 e. The molecule has 0 aliphatic heterocycles. The van der Waals surface area contributed by atoms with Gasteiger partial charge < -0.3 is 9.84 Å². The van der Waals surface area contributed by atoms with Gasteiger partial charge in [0.1, 0.15) is 17.1 Å². The quantitative estimate of drug-likeness (QED) is 0.822. The molecule has 0 atom stereocenters. The standard InChI is InChI=1S/C9H6F4O3/c10-5-1-2-7(16-4-8(14)15)6(3-5)9(11,12)13/h1-3H,4H2,(H,14,15). The number of hydrogen-bond donors (Lipinski definition) is 1. The number of hydrogen-bond acceptors (Lipinski definition) is 2. The lowest BCUT2D eigenvalue weighted by Crippen LogP contribution is -2.14. The highest BCUT2D eigenvalue weighted by atomic mass is 19.4. The summed E-state index contributed by atoms with van der Waals surface area (Å²) in [5, 5.41) is 8.24. The van der Waals surface area contributed by atoms with E-state index in [1.54, 1.807) is 0 Å². The van der Waals surface area contributed by atoms with Crippen LogP contribution in [-0.2, 0) is 11.0 Å². The summed E-state index contributed by atoms with van der Waals surface area (Å²) in [4.78, 5) is 10.1. The Kier molecular flexibility index (Phi) is 3.36. The van der Waals surface area contributed by atoms with Gasteiger partial charge in [-0.1, -0.05) is 0 Å². The predicted molar refractivity (Wildman–Crippen MR) is 44.5 cm³/mol. The molecule has 0 aliphatic rings. The van der Waals surface area contributed by atoms with Crippen molar-refractivity contribution < 1.29 is 32.2 Å². The summed E-state index contributed by atoms with van der Waals surface area (Å²) in [5.74, 6) is -3.20. The van der Waals surface area contributed by atoms with E-state index in [0.717, 1.165) is 12.1 Å². The van der Waals surface area contributed by atoms with Crippen LogP contribution in [0.25, 0.3) is 0 Å². The van der Waals surface area contributed by atoms with Crippen LogP contribution in [-0.4, -0.2) is 17.7 Å². The molecule has 0 saturated heterocycles. The second-order valence-corrected chi connectivity index (χ2v) is 2.82. The second kappa shape index (κ2) is 4.38. The maximum absolute atomic E-state index is 12.6. The lowest BCUT2D eigenvalue weighted by atomic mass is 10.2. The molecule has 88 valence electrons. The van der Waals surface area contributed by atoms with Crippen LogP contribution < -0.4 is 4.74 Å². The average molecular weight is 238 g/mol. The molecule has 0 bridgehead atoms. The van der Waals surface area contributed by atoms with Crippen LogP contribution in [0.1, 0.15) is 5.56 Å². The van der Waals surface area contributed by atoms with Crippen LogP contribution in [0, 0.1) is 5.82 Å². The van der Waals surface area contributed by atoms with Gasteiger partial charge in [-0.2, -0.15) is 13.2 Å². The van der Waals surface area contributed by atoms with Crippen molar-refractivity contribution in [3.8, 4) is 5.75 Å². The molecule has 1 aromatic rings. The summed E-state index contributed by atoms with van der Waals surface area (Å²) in [6.45, 7) is -0.922. The lowest BCUT2D eigenvalue weighted by molar-refractivity contribution is -0.143. The van der Waals surface area contributed by atoms with E-state index in [4.69, 9.17) is 5.11 Å². The molecule has 7 heteroatoms. The molecule has 0 spiro atoms. The third kappa shape index (κ3) is 3.11. The Balaban J connectivity index is 3.03. The fraction of sp³-hybridized carbons (Fsp3) is 0.222. The van der Waals surface area contributed by atoms with Crippen molar-refractivity contribution in [2.75, 3.05) is 6.61 Å². The van der Waals surface area contributed by atoms with Crippen LogP contribution >= 0.6 is 0 Å². The van der Waals surface area contributed by atoms with E-state index in [2.05, 4.69) is 4.74 Å². The first-order valence-corrected chi connectivity index (χ1v) is 4.02. The van der Waals surface area contributed by atoms with Gasteiger partial charge >= 0.3 is 12.1 Å². The molecule has 1 N–H and O–H groups in total. The third-order valence-corrected chi connectivity index (χ3v) is 1.60. The summed E-state index contributed by atoms with van der Waals surface area (Å²) in [6, 6.07) is 1.74. The van der Waals surface area contributed by atoms with Gasteiger partial charge in [0.05, 0.1) is 0 Å². The predicted octanol–water partition coefficient (Wildman–Crippen LogP) is 2.31. The summed E-state index contributed by atoms with van der Waals surface area (Å²) in [7, 11) is 0. The minimum absolute atomic E-state index is 0.247. The normalized spacial score (nSPS) is 11.2. The Hall–Kier alpha value is -1.79. The van der Waals surface area contributed by atoms with Crippen molar-refractivity contribution in [2.45, 2.75) is 6.18 Å². The molecule has 0 radical (unpaired) electrons. The number of carbonyl (C=O) groups is 1. The zero-order valence-corrected chi connectivity index (χ0v) is 7.71. The van der Waals surface area contributed by atoms with Gasteiger partial charge in [0, 0.05) is 0 Å². The van der Waals surface area contributed by atoms with Crippen LogP contribution in [0.4, 0.5) is 17.6 Å². The molecule has 0 amide bonds. The number of rotatable bonds is 3. The molecule has 0 fully saturated rings. The van der Waals surface area contributed by atoms with Crippen molar-refractivity contribution in [1.29, 1.82) is 0 Å². The minimum Gasteiger partial charge on any atom is -0.481 e. The first-order chi connectivity index (χ1) is 7.30. The van der Waals surface area contributed by atoms with Crippen molar-refractivity contribution >= 4 is 5.97 Å². The topological polar surface area (TPSA) is 46.5 Å². The molecular formula is C9H6F4O3. The van der Waals surface area contributed by atoms with Gasteiger partial charge in [0.15, 0.2) is 6.61 Å². The average Bonchev–Trinajstić information content (AvgIpc) is 2.14. The number of halogens is 4. The van der Waals surface area contributed by atoms with Crippen LogP contribution in [0.5, 0.6) is 5.75 Å². The molecule has 0 aliphatic carbocycles. The Morgan fingerprint density at radius 2 is 2.00 bits per heavy atom. The monoisotopic (exact) mass is 238 g/mol. The maximum Gasteiger partial charge on any atom is 0.420 e. The fourth-order valence-electron chi connectivity index (χ4n) is 0.989. The number of alkyl halides is 3. The SMILES string of the molecule is O=C(O)COc1ccc(F)cc1C(F)(F)F. The fourth-order valence-corrected chi connectivity index (χ4v) is 0.989. The molecule has 0 aromatic heterocycles. The zero-order valence-electron chi connectivity index (χ0n) is 7.71. The number of ether oxygens (including phenoxy) is 1. The van der Waals surface area contributed by atoms with E-state index in [0.29, 0.717) is 0 Å². The molecule has 0 unspecified atom stereocenters. The largest absolute Gasteiger partial charge is 0.481 e. The number of carboxylic acid groups (broad SMARTS) is 1. The van der Waals surface area contributed by atoms with Gasteiger partial charge in [-0.05, 0) is 18.2 Å². The highest BCUT2D eigenvalue weighted by Gasteiger charge is 2.35. The summed E-state index contributed by atoms with van der Waals surface area (Å²) >= 11 is 0. The third-order valence-electron chi connectivity index (χ3n) is 1.60. The summed E-state index contributed by atoms with van der Waals surface area (Å²) in [5.41, 5.74) is -1.34. The van der Waals surface area contributed by atoms with Crippen molar-refractivity contribution in [2.24, 2.45) is 0 Å². The van der Waals surface area contributed by atoms with E-state index in [9.17, 15) is 22.4 Å². The molecule has 1 rings (SSSR count). The van der Waals surface area contributed by atoms with Gasteiger partial charge in [0.2, 0.25) is 0 Å². The van der Waals surface area contributed by atoms with E-state index in [1.165, 1.54) is 0 Å². The second-order valence-electron chi connectivity index (χ2n) is 2.82. The van der Waals surface area contributed by atoms with Crippen molar-refractivity contribution in [3.63, 3.8) is 0 Å². The molecule has 16 heavy (non-hydrogen) atoms. The zero-order chi connectivity index (χ0) is 12.3. The molecule has 3 nitrogen and oxygen atoms in total. The summed E-state index contributed by atoms with van der Waals surface area (Å²) < 4.78 is 54.1. The molecule has 0 saturated carbocycles. The highest BCUT2D eigenvalue weighted by Crippen LogP contribution is 2.36. The molecular weight excluding hydrogens is 232 g/mol. The van der Waals surface area contributed by atoms with Crippen LogP contribution in [0.2, 0.25) is 0 Å². The first kappa shape index (κ1) is 12.3. The van der Waals surface area contributed by atoms with E-state index < -0.39 is 35.9 Å². The molecule has 0 heterocycles. The van der Waals surface area contributed by atoms with Gasteiger partial charge in [-0.3, -0.25) is 0 Å². The van der Waals surface area contributed by atoms with Crippen LogP contribution in [0.3, 0.4) is 0 Å². The number of carboxylic acids is 1. The number of aliphatic carboxylic acids is 1. The lowest BCUT2D eigenvalue weighted by Gasteiger charge is -2.12. The Morgan fingerprint density at radius 1 is 1.38 bits per heavy atom. The van der Waals surface area contributed by atoms with Gasteiger partial charge in [0.25, 0.3) is 0 Å².